The van der Waals surface area contributed by atoms with Gasteiger partial charge in [-0.05, 0) is 31.3 Å². The molecular formula is C15H20N4O3S. The van der Waals surface area contributed by atoms with Crippen molar-refractivity contribution in [3.63, 3.8) is 0 Å². The largest absolute Gasteiger partial charge is 0.339 e. The van der Waals surface area contributed by atoms with Crippen molar-refractivity contribution in [3.05, 3.63) is 29.8 Å². The summed E-state index contributed by atoms with van der Waals surface area (Å²) in [4.78, 5) is 16.1. The standard InChI is InChI=1S/C15H20N4O3S/c1-17-7-9-19(10-8-17)15(20)12-18(2)23(21,22)14-5-3-13(11-16)4-6-14/h3-6H,7-10,12H2,1-2H3. The van der Waals surface area contributed by atoms with Crippen LogP contribution in [0.1, 0.15) is 5.56 Å². The van der Waals surface area contributed by atoms with Crippen LogP contribution in [0.4, 0.5) is 0 Å². The average Bonchev–Trinajstić information content (AvgIpc) is 2.55. The van der Waals surface area contributed by atoms with E-state index < -0.39 is 10.0 Å². The molecule has 0 saturated carbocycles. The Morgan fingerprint density at radius 2 is 1.78 bits per heavy atom. The Morgan fingerprint density at radius 1 is 1.22 bits per heavy atom. The van der Waals surface area contributed by atoms with Crippen LogP contribution >= 0.6 is 0 Å². The molecule has 0 bridgehead atoms. The molecule has 7 nitrogen and oxygen atoms in total. The molecule has 0 N–H and O–H groups in total. The number of benzene rings is 1. The Kier molecular flexibility index (Phi) is 5.36. The Labute approximate surface area is 136 Å². The van der Waals surface area contributed by atoms with Crippen LogP contribution in [0, 0.1) is 11.3 Å². The molecule has 0 aliphatic carbocycles. The summed E-state index contributed by atoms with van der Waals surface area (Å²) in [5, 5.41) is 8.76. The first-order chi connectivity index (χ1) is 10.8. The van der Waals surface area contributed by atoms with Crippen molar-refractivity contribution in [1.82, 2.24) is 14.1 Å². The second kappa shape index (κ2) is 7.08. The molecule has 0 unspecified atom stereocenters. The Hall–Kier alpha value is -1.95. The fraction of sp³-hybridized carbons (Fsp3) is 0.467. The number of nitrogens with zero attached hydrogens (tertiary/aromatic N) is 4. The molecule has 1 fully saturated rings. The maximum atomic E-state index is 12.5. The first-order valence-corrected chi connectivity index (χ1v) is 8.71. The summed E-state index contributed by atoms with van der Waals surface area (Å²) in [7, 11) is -0.363. The van der Waals surface area contributed by atoms with E-state index in [-0.39, 0.29) is 17.3 Å². The lowest BCUT2D eigenvalue weighted by molar-refractivity contribution is -0.132. The zero-order valence-corrected chi connectivity index (χ0v) is 14.1. The SMILES string of the molecule is CN1CCN(C(=O)CN(C)S(=O)(=O)c2ccc(C#N)cc2)CC1. The molecular weight excluding hydrogens is 316 g/mol. The van der Waals surface area contributed by atoms with Gasteiger partial charge in [0.25, 0.3) is 0 Å². The zero-order valence-electron chi connectivity index (χ0n) is 13.3. The molecule has 1 saturated heterocycles. The van der Waals surface area contributed by atoms with Gasteiger partial charge in [0.15, 0.2) is 0 Å². The predicted octanol–water partition coefficient (Wildman–Crippen LogP) is -0.0472. The monoisotopic (exact) mass is 336 g/mol. The second-order valence-corrected chi connectivity index (χ2v) is 7.63. The van der Waals surface area contributed by atoms with Gasteiger partial charge in [0.1, 0.15) is 0 Å². The molecule has 2 rings (SSSR count). The van der Waals surface area contributed by atoms with Crippen LogP contribution in [0.5, 0.6) is 0 Å². The molecule has 1 aliphatic rings. The molecule has 1 heterocycles. The quantitative estimate of drug-likeness (QED) is 0.770. The van der Waals surface area contributed by atoms with Gasteiger partial charge in [-0.1, -0.05) is 0 Å². The molecule has 0 radical (unpaired) electrons. The van der Waals surface area contributed by atoms with E-state index in [1.165, 1.54) is 31.3 Å². The minimum atomic E-state index is -3.74. The number of sulfonamides is 1. The van der Waals surface area contributed by atoms with Crippen molar-refractivity contribution < 1.29 is 13.2 Å². The van der Waals surface area contributed by atoms with Crippen molar-refractivity contribution in [3.8, 4) is 6.07 Å². The molecule has 0 atom stereocenters. The van der Waals surface area contributed by atoms with Gasteiger partial charge in [0, 0.05) is 33.2 Å². The lowest BCUT2D eigenvalue weighted by Gasteiger charge is -2.33. The van der Waals surface area contributed by atoms with Crippen molar-refractivity contribution >= 4 is 15.9 Å². The van der Waals surface area contributed by atoms with Crippen LogP contribution in [0.15, 0.2) is 29.2 Å². The fourth-order valence-electron chi connectivity index (χ4n) is 2.31. The van der Waals surface area contributed by atoms with Gasteiger partial charge in [-0.2, -0.15) is 9.57 Å². The summed E-state index contributed by atoms with van der Waals surface area (Å²) in [5.74, 6) is -0.196. The smallest absolute Gasteiger partial charge is 0.243 e. The van der Waals surface area contributed by atoms with Crippen molar-refractivity contribution in [2.24, 2.45) is 0 Å². The average molecular weight is 336 g/mol. The van der Waals surface area contributed by atoms with Gasteiger partial charge in [-0.3, -0.25) is 4.79 Å². The molecule has 1 amide bonds. The third-order valence-electron chi connectivity index (χ3n) is 3.91. The summed E-state index contributed by atoms with van der Waals surface area (Å²) in [6.45, 7) is 2.61. The Bertz CT molecular complexity index is 701. The maximum Gasteiger partial charge on any atom is 0.243 e. The van der Waals surface area contributed by atoms with Crippen LogP contribution in [0.3, 0.4) is 0 Å². The lowest BCUT2D eigenvalue weighted by atomic mass is 10.2. The van der Waals surface area contributed by atoms with E-state index in [4.69, 9.17) is 5.26 Å². The van der Waals surface area contributed by atoms with E-state index in [1.54, 1.807) is 4.90 Å². The molecule has 124 valence electrons. The van der Waals surface area contributed by atoms with Crippen LogP contribution in [-0.4, -0.2) is 75.2 Å². The summed E-state index contributed by atoms with van der Waals surface area (Å²) in [5.41, 5.74) is 0.389. The highest BCUT2D eigenvalue weighted by Gasteiger charge is 2.26. The first kappa shape index (κ1) is 17.4. The van der Waals surface area contributed by atoms with Gasteiger partial charge in [-0.25, -0.2) is 8.42 Å². The summed E-state index contributed by atoms with van der Waals surface area (Å²) >= 11 is 0. The molecule has 1 aromatic carbocycles. The highest BCUT2D eigenvalue weighted by atomic mass is 32.2. The molecule has 23 heavy (non-hydrogen) atoms. The topological polar surface area (TPSA) is 84.7 Å². The van der Waals surface area contributed by atoms with Gasteiger partial charge in [-0.15, -0.1) is 0 Å². The Morgan fingerprint density at radius 3 is 2.30 bits per heavy atom. The maximum absolute atomic E-state index is 12.5. The van der Waals surface area contributed by atoms with Gasteiger partial charge >= 0.3 is 0 Å². The minimum Gasteiger partial charge on any atom is -0.339 e. The fourth-order valence-corrected chi connectivity index (χ4v) is 3.43. The van der Waals surface area contributed by atoms with E-state index >= 15 is 0 Å². The predicted molar refractivity (Wildman–Crippen MR) is 85.0 cm³/mol. The second-order valence-electron chi connectivity index (χ2n) is 5.58. The van der Waals surface area contributed by atoms with Crippen LogP contribution in [0.2, 0.25) is 0 Å². The molecule has 8 heteroatoms. The molecule has 1 aliphatic heterocycles. The highest BCUT2D eigenvalue weighted by Crippen LogP contribution is 2.15. The first-order valence-electron chi connectivity index (χ1n) is 7.27. The van der Waals surface area contributed by atoms with E-state index in [0.717, 1.165) is 17.4 Å². The number of hydrogen-bond acceptors (Lipinski definition) is 5. The van der Waals surface area contributed by atoms with Crippen molar-refractivity contribution in [2.45, 2.75) is 4.90 Å². The molecule has 0 spiro atoms. The number of rotatable bonds is 4. The molecule has 1 aromatic rings. The normalized spacial score (nSPS) is 16.3. The number of hydrogen-bond donors (Lipinski definition) is 0. The molecule has 0 aromatic heterocycles. The number of amides is 1. The number of carbonyl (C=O) groups is 1. The van der Waals surface area contributed by atoms with Crippen molar-refractivity contribution in [1.29, 1.82) is 5.26 Å². The number of carbonyl (C=O) groups excluding carboxylic acids is 1. The van der Waals surface area contributed by atoms with Crippen LogP contribution in [0.25, 0.3) is 0 Å². The summed E-state index contributed by atoms with van der Waals surface area (Å²) < 4.78 is 26.0. The summed E-state index contributed by atoms with van der Waals surface area (Å²) in [6, 6.07) is 7.59. The number of piperazine rings is 1. The third kappa shape index (κ3) is 4.07. The number of nitriles is 1. The zero-order chi connectivity index (χ0) is 17.0. The van der Waals surface area contributed by atoms with E-state index in [1.807, 2.05) is 13.1 Å². The van der Waals surface area contributed by atoms with Gasteiger partial charge < -0.3 is 9.80 Å². The van der Waals surface area contributed by atoms with Crippen LogP contribution < -0.4 is 0 Å². The Balaban J connectivity index is 2.04. The highest BCUT2D eigenvalue weighted by molar-refractivity contribution is 7.89. The summed E-state index contributed by atoms with van der Waals surface area (Å²) in [6.07, 6.45) is 0. The minimum absolute atomic E-state index is 0.0742. The number of likely N-dealkylation sites (N-methyl/N-ethyl adjacent to an activating group) is 2. The van der Waals surface area contributed by atoms with Crippen molar-refractivity contribution in [2.75, 3.05) is 46.8 Å². The van der Waals surface area contributed by atoms with E-state index in [2.05, 4.69) is 4.90 Å². The third-order valence-corrected chi connectivity index (χ3v) is 5.72. The lowest BCUT2D eigenvalue weighted by Crippen LogP contribution is -2.50. The van der Waals surface area contributed by atoms with Gasteiger partial charge in [0.2, 0.25) is 15.9 Å². The van der Waals surface area contributed by atoms with E-state index in [9.17, 15) is 13.2 Å². The van der Waals surface area contributed by atoms with Crippen LogP contribution in [-0.2, 0) is 14.8 Å². The van der Waals surface area contributed by atoms with Gasteiger partial charge in [0.05, 0.1) is 23.1 Å². The van der Waals surface area contributed by atoms with E-state index in [0.29, 0.717) is 18.7 Å².